The number of hydrogen-bond acceptors (Lipinski definition) is 5. The fraction of sp³-hybridized carbons (Fsp3) is 0.333. The van der Waals surface area contributed by atoms with E-state index in [0.29, 0.717) is 19.0 Å². The maximum atomic E-state index is 6.25. The average Bonchev–Trinajstić information content (AvgIpc) is 3.15. The summed E-state index contributed by atoms with van der Waals surface area (Å²) in [7, 11) is 0. The van der Waals surface area contributed by atoms with Gasteiger partial charge in [0.1, 0.15) is 17.9 Å². The van der Waals surface area contributed by atoms with E-state index in [0.717, 1.165) is 60.2 Å². The van der Waals surface area contributed by atoms with Gasteiger partial charge in [-0.3, -0.25) is 0 Å². The van der Waals surface area contributed by atoms with Crippen molar-refractivity contribution in [2.45, 2.75) is 39.5 Å². The Balaban J connectivity index is 1.49. The molecule has 0 aliphatic carbocycles. The molecule has 156 valence electrons. The highest BCUT2D eigenvalue weighted by Crippen LogP contribution is 2.29. The molecule has 0 amide bonds. The van der Waals surface area contributed by atoms with E-state index in [9.17, 15) is 0 Å². The summed E-state index contributed by atoms with van der Waals surface area (Å²) in [5.74, 6) is 1.39. The summed E-state index contributed by atoms with van der Waals surface area (Å²) in [5, 5.41) is 4.61. The van der Waals surface area contributed by atoms with Crippen LogP contribution in [0.3, 0.4) is 0 Å². The van der Waals surface area contributed by atoms with Gasteiger partial charge in [0, 0.05) is 25.1 Å². The summed E-state index contributed by atoms with van der Waals surface area (Å²) in [5.41, 5.74) is 10.3. The second kappa shape index (κ2) is 9.69. The normalized spacial score (nSPS) is 11.5. The fourth-order valence-corrected chi connectivity index (χ4v) is 3.80. The number of para-hydroxylation sites is 1. The van der Waals surface area contributed by atoms with E-state index in [4.69, 9.17) is 15.5 Å². The van der Waals surface area contributed by atoms with Crippen molar-refractivity contribution < 1.29 is 4.74 Å². The van der Waals surface area contributed by atoms with Crippen LogP contribution in [0.25, 0.3) is 21.9 Å². The standard InChI is InChI=1S/C24H29N5O/c1-2-30-17-21-28-22-23(19-12-6-7-13-20(19)27-24(22)25)29(21)15-9-8-14-26-16-18-10-4-3-5-11-18/h3-7,10-13,26H,2,8-9,14-17H2,1H3,(H2,25,27). The van der Waals surface area contributed by atoms with Gasteiger partial charge in [-0.05, 0) is 37.9 Å². The Kier molecular flexibility index (Phi) is 6.57. The van der Waals surface area contributed by atoms with Gasteiger partial charge in [-0.2, -0.15) is 0 Å². The minimum Gasteiger partial charge on any atom is -0.382 e. The Morgan fingerprint density at radius 2 is 1.80 bits per heavy atom. The highest BCUT2D eigenvalue weighted by Gasteiger charge is 2.17. The predicted octanol–water partition coefficient (Wildman–Crippen LogP) is 4.27. The van der Waals surface area contributed by atoms with E-state index in [-0.39, 0.29) is 0 Å². The Bertz CT molecular complexity index is 1110. The van der Waals surface area contributed by atoms with Gasteiger partial charge in [-0.1, -0.05) is 48.5 Å². The molecule has 0 saturated heterocycles. The molecule has 6 nitrogen and oxygen atoms in total. The molecule has 30 heavy (non-hydrogen) atoms. The lowest BCUT2D eigenvalue weighted by molar-refractivity contribution is 0.126. The second-order valence-corrected chi connectivity index (χ2v) is 7.40. The molecule has 0 bridgehead atoms. The molecule has 6 heteroatoms. The van der Waals surface area contributed by atoms with Crippen LogP contribution in [0.2, 0.25) is 0 Å². The number of rotatable bonds is 10. The quantitative estimate of drug-likeness (QED) is 0.387. The number of aryl methyl sites for hydroxylation is 1. The number of unbranched alkanes of at least 4 members (excludes halogenated alkanes) is 1. The van der Waals surface area contributed by atoms with Gasteiger partial charge in [0.15, 0.2) is 5.82 Å². The van der Waals surface area contributed by atoms with Gasteiger partial charge in [-0.15, -0.1) is 0 Å². The number of hydrogen-bond donors (Lipinski definition) is 2. The summed E-state index contributed by atoms with van der Waals surface area (Å²) < 4.78 is 7.95. The minimum atomic E-state index is 0.477. The molecular weight excluding hydrogens is 374 g/mol. The average molecular weight is 404 g/mol. The number of nitrogens with two attached hydrogens (primary N) is 1. The summed E-state index contributed by atoms with van der Waals surface area (Å²) in [6.07, 6.45) is 2.13. The number of benzene rings is 2. The van der Waals surface area contributed by atoms with Crippen molar-refractivity contribution in [3.8, 4) is 0 Å². The van der Waals surface area contributed by atoms with Gasteiger partial charge < -0.3 is 20.4 Å². The van der Waals surface area contributed by atoms with Crippen LogP contribution in [0.5, 0.6) is 0 Å². The van der Waals surface area contributed by atoms with Crippen LogP contribution < -0.4 is 11.1 Å². The number of nitrogens with zero attached hydrogens (tertiary/aromatic N) is 3. The molecule has 2 aromatic heterocycles. The number of fused-ring (bicyclic) bond motifs is 3. The first kappa shape index (κ1) is 20.3. The van der Waals surface area contributed by atoms with Crippen LogP contribution in [0.1, 0.15) is 31.2 Å². The van der Waals surface area contributed by atoms with Crippen molar-refractivity contribution in [2.24, 2.45) is 0 Å². The molecule has 2 aromatic carbocycles. The van der Waals surface area contributed by atoms with Crippen molar-refractivity contribution in [3.63, 3.8) is 0 Å². The molecule has 3 N–H and O–H groups in total. The molecule has 4 rings (SSSR count). The van der Waals surface area contributed by atoms with Gasteiger partial charge in [0.25, 0.3) is 0 Å². The van der Waals surface area contributed by atoms with E-state index >= 15 is 0 Å². The van der Waals surface area contributed by atoms with Crippen LogP contribution in [0, 0.1) is 0 Å². The zero-order chi connectivity index (χ0) is 20.8. The number of imidazole rings is 1. The molecule has 0 fully saturated rings. The number of anilines is 1. The largest absolute Gasteiger partial charge is 0.382 e. The Morgan fingerprint density at radius 1 is 1.00 bits per heavy atom. The molecule has 0 atom stereocenters. The number of pyridine rings is 1. The van der Waals surface area contributed by atoms with Gasteiger partial charge in [-0.25, -0.2) is 9.97 Å². The molecule has 0 unspecified atom stereocenters. The maximum absolute atomic E-state index is 6.25. The summed E-state index contributed by atoms with van der Waals surface area (Å²) >= 11 is 0. The molecule has 0 radical (unpaired) electrons. The lowest BCUT2D eigenvalue weighted by Crippen LogP contribution is -2.15. The Morgan fingerprint density at radius 3 is 2.63 bits per heavy atom. The van der Waals surface area contributed by atoms with Crippen LogP contribution in [-0.4, -0.2) is 27.7 Å². The highest BCUT2D eigenvalue weighted by molar-refractivity contribution is 6.06. The third-order valence-electron chi connectivity index (χ3n) is 5.28. The minimum absolute atomic E-state index is 0.477. The topological polar surface area (TPSA) is 78.0 Å². The molecule has 0 aliphatic rings. The van der Waals surface area contributed by atoms with Crippen molar-refractivity contribution in [3.05, 3.63) is 66.0 Å². The van der Waals surface area contributed by atoms with Gasteiger partial charge in [0.2, 0.25) is 0 Å². The molecule has 2 heterocycles. The summed E-state index contributed by atoms with van der Waals surface area (Å²) in [6.45, 7) is 5.88. The van der Waals surface area contributed by atoms with E-state index in [2.05, 4.69) is 45.2 Å². The lowest BCUT2D eigenvalue weighted by atomic mass is 10.2. The highest BCUT2D eigenvalue weighted by atomic mass is 16.5. The van der Waals surface area contributed by atoms with Crippen molar-refractivity contribution in [1.29, 1.82) is 0 Å². The first-order valence-corrected chi connectivity index (χ1v) is 10.6. The first-order chi connectivity index (χ1) is 14.8. The zero-order valence-electron chi connectivity index (χ0n) is 17.5. The van der Waals surface area contributed by atoms with Crippen molar-refractivity contribution >= 4 is 27.8 Å². The number of nitrogen functional groups attached to an aromatic ring is 1. The number of nitrogens with one attached hydrogen (secondary N) is 1. The van der Waals surface area contributed by atoms with Crippen LogP contribution in [0.15, 0.2) is 54.6 Å². The third-order valence-corrected chi connectivity index (χ3v) is 5.28. The second-order valence-electron chi connectivity index (χ2n) is 7.40. The molecule has 0 saturated carbocycles. The Labute approximate surface area is 177 Å². The summed E-state index contributed by atoms with van der Waals surface area (Å²) in [4.78, 5) is 9.33. The first-order valence-electron chi connectivity index (χ1n) is 10.6. The monoisotopic (exact) mass is 403 g/mol. The fourth-order valence-electron chi connectivity index (χ4n) is 3.80. The molecular formula is C24H29N5O. The third kappa shape index (κ3) is 4.45. The van der Waals surface area contributed by atoms with Crippen LogP contribution >= 0.6 is 0 Å². The van der Waals surface area contributed by atoms with Crippen molar-refractivity contribution in [1.82, 2.24) is 19.9 Å². The Hall–Kier alpha value is -2.96. The van der Waals surface area contributed by atoms with Crippen molar-refractivity contribution in [2.75, 3.05) is 18.9 Å². The van der Waals surface area contributed by atoms with E-state index in [1.807, 2.05) is 31.2 Å². The SMILES string of the molecule is CCOCc1nc2c(N)nc3ccccc3c2n1CCCCNCc1ccccc1. The van der Waals surface area contributed by atoms with Gasteiger partial charge in [0.05, 0.1) is 11.0 Å². The predicted molar refractivity (Wildman–Crippen MR) is 122 cm³/mol. The zero-order valence-corrected chi connectivity index (χ0v) is 17.5. The number of ether oxygens (including phenoxy) is 1. The maximum Gasteiger partial charge on any atom is 0.152 e. The number of aromatic nitrogens is 3. The smallest absolute Gasteiger partial charge is 0.152 e. The van der Waals surface area contributed by atoms with Crippen LogP contribution in [-0.2, 0) is 24.4 Å². The molecule has 0 aliphatic heterocycles. The van der Waals surface area contributed by atoms with E-state index in [1.165, 1.54) is 5.56 Å². The molecule has 4 aromatic rings. The molecule has 0 spiro atoms. The summed E-state index contributed by atoms with van der Waals surface area (Å²) in [6, 6.07) is 18.6. The van der Waals surface area contributed by atoms with Gasteiger partial charge >= 0.3 is 0 Å². The van der Waals surface area contributed by atoms with E-state index in [1.54, 1.807) is 0 Å². The van der Waals surface area contributed by atoms with E-state index < -0.39 is 0 Å². The van der Waals surface area contributed by atoms with Crippen LogP contribution in [0.4, 0.5) is 5.82 Å². The lowest BCUT2D eigenvalue weighted by Gasteiger charge is -2.11.